The number of carbonyl (C=O) groups is 2. The average Bonchev–Trinajstić information content (AvgIpc) is 2.83. The van der Waals surface area contributed by atoms with Crippen molar-refractivity contribution in [3.8, 4) is 11.5 Å². The molecule has 31 heavy (non-hydrogen) atoms. The summed E-state index contributed by atoms with van der Waals surface area (Å²) in [7, 11) is 0. The van der Waals surface area contributed by atoms with Crippen molar-refractivity contribution in [3.05, 3.63) is 48.5 Å². The standard InChI is InChI=1S/C23H27N3O5/c1-2-25-11-13-26(14-12-25)18-9-7-17(8-10-18)24-22(27)16-30-23(28)21-15-29-19-5-3-4-6-20(19)31-21/h3-10,21H,2,11-16H2,1H3,(H,24,27). The molecule has 2 aromatic carbocycles. The predicted molar refractivity (Wildman–Crippen MR) is 117 cm³/mol. The summed E-state index contributed by atoms with van der Waals surface area (Å²) in [6.07, 6.45) is -0.893. The number of hydrogen-bond acceptors (Lipinski definition) is 7. The Bertz CT molecular complexity index is 910. The van der Waals surface area contributed by atoms with Crippen LogP contribution in [0, 0.1) is 0 Å². The Morgan fingerprint density at radius 1 is 1.03 bits per heavy atom. The Kier molecular flexibility index (Phi) is 6.57. The second kappa shape index (κ2) is 9.70. The van der Waals surface area contributed by atoms with Gasteiger partial charge < -0.3 is 29.3 Å². The molecule has 8 nitrogen and oxygen atoms in total. The molecule has 2 heterocycles. The second-order valence-electron chi connectivity index (χ2n) is 7.49. The van der Waals surface area contributed by atoms with Gasteiger partial charge in [0.25, 0.3) is 5.91 Å². The number of anilines is 2. The number of esters is 1. The third-order valence-electron chi connectivity index (χ3n) is 5.45. The summed E-state index contributed by atoms with van der Waals surface area (Å²) in [6, 6.07) is 14.8. The van der Waals surface area contributed by atoms with Gasteiger partial charge in [0.05, 0.1) is 0 Å². The molecule has 4 rings (SSSR count). The zero-order valence-corrected chi connectivity index (χ0v) is 17.6. The highest BCUT2D eigenvalue weighted by molar-refractivity contribution is 5.93. The Morgan fingerprint density at radius 3 is 2.45 bits per heavy atom. The quantitative estimate of drug-likeness (QED) is 0.711. The molecular formula is C23H27N3O5. The Hall–Kier alpha value is -3.26. The Morgan fingerprint density at radius 2 is 1.74 bits per heavy atom. The van der Waals surface area contributed by atoms with Gasteiger partial charge in [-0.2, -0.15) is 0 Å². The highest BCUT2D eigenvalue weighted by atomic mass is 16.6. The molecule has 2 aliphatic heterocycles. The maximum Gasteiger partial charge on any atom is 0.351 e. The van der Waals surface area contributed by atoms with Gasteiger partial charge in [0.1, 0.15) is 6.61 Å². The fourth-order valence-electron chi connectivity index (χ4n) is 3.64. The fourth-order valence-corrected chi connectivity index (χ4v) is 3.64. The molecule has 0 aromatic heterocycles. The van der Waals surface area contributed by atoms with Gasteiger partial charge in [-0.15, -0.1) is 0 Å². The number of piperazine rings is 1. The number of amides is 1. The zero-order chi connectivity index (χ0) is 21.6. The number of ether oxygens (including phenoxy) is 3. The van der Waals surface area contributed by atoms with E-state index in [2.05, 4.69) is 22.0 Å². The molecule has 2 aliphatic rings. The van der Waals surface area contributed by atoms with E-state index in [0.29, 0.717) is 17.2 Å². The van der Waals surface area contributed by atoms with Crippen LogP contribution in [0.3, 0.4) is 0 Å². The summed E-state index contributed by atoms with van der Waals surface area (Å²) >= 11 is 0. The number of likely N-dealkylation sites (N-methyl/N-ethyl adjacent to an activating group) is 1. The van der Waals surface area contributed by atoms with Crippen LogP contribution in [0.25, 0.3) is 0 Å². The molecule has 0 spiro atoms. The molecule has 0 saturated carbocycles. The number of hydrogen-bond donors (Lipinski definition) is 1. The van der Waals surface area contributed by atoms with E-state index in [4.69, 9.17) is 14.2 Å². The van der Waals surface area contributed by atoms with Crippen molar-refractivity contribution in [1.29, 1.82) is 0 Å². The minimum atomic E-state index is -0.893. The van der Waals surface area contributed by atoms with Crippen LogP contribution in [0.4, 0.5) is 11.4 Å². The third-order valence-corrected chi connectivity index (χ3v) is 5.45. The van der Waals surface area contributed by atoms with Gasteiger partial charge in [-0.25, -0.2) is 4.79 Å². The minimum absolute atomic E-state index is 0.0471. The molecule has 1 fully saturated rings. The first-order valence-electron chi connectivity index (χ1n) is 10.5. The minimum Gasteiger partial charge on any atom is -0.485 e. The van der Waals surface area contributed by atoms with E-state index in [1.807, 2.05) is 30.3 Å². The summed E-state index contributed by atoms with van der Waals surface area (Å²) in [6.45, 7) is 7.02. The first-order valence-corrected chi connectivity index (χ1v) is 10.5. The normalized spacial score (nSPS) is 18.4. The van der Waals surface area contributed by atoms with Crippen LogP contribution < -0.4 is 19.7 Å². The summed E-state index contributed by atoms with van der Waals surface area (Å²) in [4.78, 5) is 29.2. The second-order valence-corrected chi connectivity index (χ2v) is 7.49. The van der Waals surface area contributed by atoms with Crippen molar-refractivity contribution in [3.63, 3.8) is 0 Å². The van der Waals surface area contributed by atoms with Gasteiger partial charge in [-0.05, 0) is 42.9 Å². The van der Waals surface area contributed by atoms with Crippen molar-refractivity contribution in [1.82, 2.24) is 4.90 Å². The van der Waals surface area contributed by atoms with E-state index in [1.165, 1.54) is 0 Å². The number of para-hydroxylation sites is 2. The van der Waals surface area contributed by atoms with Crippen LogP contribution in [0.2, 0.25) is 0 Å². The van der Waals surface area contributed by atoms with Crippen molar-refractivity contribution in [2.45, 2.75) is 13.0 Å². The molecule has 1 unspecified atom stereocenters. The van der Waals surface area contributed by atoms with Crippen LogP contribution in [-0.4, -0.2) is 68.8 Å². The van der Waals surface area contributed by atoms with Crippen LogP contribution in [0.5, 0.6) is 11.5 Å². The lowest BCUT2D eigenvalue weighted by Crippen LogP contribution is -2.46. The Balaban J connectivity index is 1.22. The van der Waals surface area contributed by atoms with E-state index in [0.717, 1.165) is 38.4 Å². The molecule has 1 N–H and O–H groups in total. The van der Waals surface area contributed by atoms with E-state index < -0.39 is 18.0 Å². The maximum atomic E-state index is 12.2. The van der Waals surface area contributed by atoms with Crippen LogP contribution in [-0.2, 0) is 14.3 Å². The number of benzene rings is 2. The largest absolute Gasteiger partial charge is 0.485 e. The molecule has 1 amide bonds. The van der Waals surface area contributed by atoms with Gasteiger partial charge in [0, 0.05) is 37.6 Å². The van der Waals surface area contributed by atoms with E-state index in [-0.39, 0.29) is 13.2 Å². The Labute approximate surface area is 181 Å². The summed E-state index contributed by atoms with van der Waals surface area (Å²) in [5.41, 5.74) is 1.79. The third kappa shape index (κ3) is 5.27. The number of fused-ring (bicyclic) bond motifs is 1. The van der Waals surface area contributed by atoms with Crippen molar-refractivity contribution >= 4 is 23.3 Å². The number of nitrogens with one attached hydrogen (secondary N) is 1. The SMILES string of the molecule is CCN1CCN(c2ccc(NC(=O)COC(=O)C3COc4ccccc4O3)cc2)CC1. The molecular weight excluding hydrogens is 398 g/mol. The van der Waals surface area contributed by atoms with Crippen LogP contribution in [0.1, 0.15) is 6.92 Å². The van der Waals surface area contributed by atoms with Gasteiger partial charge >= 0.3 is 5.97 Å². The molecule has 0 aliphatic carbocycles. The smallest absolute Gasteiger partial charge is 0.351 e. The molecule has 164 valence electrons. The maximum absolute atomic E-state index is 12.2. The predicted octanol–water partition coefficient (Wildman–Crippen LogP) is 2.15. The van der Waals surface area contributed by atoms with Gasteiger partial charge in [-0.1, -0.05) is 19.1 Å². The highest BCUT2D eigenvalue weighted by Gasteiger charge is 2.29. The topological polar surface area (TPSA) is 80.3 Å². The van der Waals surface area contributed by atoms with E-state index in [9.17, 15) is 9.59 Å². The van der Waals surface area contributed by atoms with Crippen LogP contribution >= 0.6 is 0 Å². The number of rotatable bonds is 6. The lowest BCUT2D eigenvalue weighted by Gasteiger charge is -2.35. The van der Waals surface area contributed by atoms with Gasteiger partial charge in [0.2, 0.25) is 6.10 Å². The van der Waals surface area contributed by atoms with E-state index >= 15 is 0 Å². The fraction of sp³-hybridized carbons (Fsp3) is 0.391. The van der Waals surface area contributed by atoms with Crippen molar-refractivity contribution < 1.29 is 23.8 Å². The summed E-state index contributed by atoms with van der Waals surface area (Å²) in [5.74, 6) is 0.0253. The monoisotopic (exact) mass is 425 g/mol. The molecule has 1 atom stereocenters. The zero-order valence-electron chi connectivity index (χ0n) is 17.6. The lowest BCUT2D eigenvalue weighted by atomic mass is 10.2. The summed E-state index contributed by atoms with van der Waals surface area (Å²) in [5, 5.41) is 2.75. The molecule has 8 heteroatoms. The van der Waals surface area contributed by atoms with Crippen LogP contribution in [0.15, 0.2) is 48.5 Å². The first-order chi connectivity index (χ1) is 15.1. The number of nitrogens with zero attached hydrogens (tertiary/aromatic N) is 2. The average molecular weight is 425 g/mol. The summed E-state index contributed by atoms with van der Waals surface area (Å²) < 4.78 is 16.2. The number of carbonyl (C=O) groups excluding carboxylic acids is 2. The molecule has 0 bridgehead atoms. The van der Waals surface area contributed by atoms with Gasteiger partial charge in [-0.3, -0.25) is 4.79 Å². The first kappa shape index (κ1) is 21.0. The molecule has 1 saturated heterocycles. The molecule has 0 radical (unpaired) electrons. The van der Waals surface area contributed by atoms with Gasteiger partial charge in [0.15, 0.2) is 18.1 Å². The highest BCUT2D eigenvalue weighted by Crippen LogP contribution is 2.31. The lowest BCUT2D eigenvalue weighted by molar-refractivity contribution is -0.156. The van der Waals surface area contributed by atoms with Crippen molar-refractivity contribution in [2.75, 3.05) is 56.2 Å². The van der Waals surface area contributed by atoms with E-state index in [1.54, 1.807) is 18.2 Å². The van der Waals surface area contributed by atoms with Crippen molar-refractivity contribution in [2.24, 2.45) is 0 Å². The molecule has 2 aromatic rings.